The third-order valence-electron chi connectivity index (χ3n) is 2.15. The minimum atomic E-state index is -0.0153. The van der Waals surface area contributed by atoms with E-state index >= 15 is 0 Å². The first kappa shape index (κ1) is 10.6. The van der Waals surface area contributed by atoms with Gasteiger partial charge in [0.25, 0.3) is 0 Å². The van der Waals surface area contributed by atoms with Gasteiger partial charge in [-0.15, -0.1) is 0 Å². The van der Waals surface area contributed by atoms with E-state index in [2.05, 4.69) is 22.6 Å². The second kappa shape index (κ2) is 4.17. The van der Waals surface area contributed by atoms with Crippen LogP contribution in [0, 0.1) is 3.57 Å². The molecule has 0 saturated carbocycles. The van der Waals surface area contributed by atoms with Crippen LogP contribution < -0.4 is 0 Å². The minimum absolute atomic E-state index is 0.00894. The molecule has 0 spiro atoms. The number of phenolic OH excluding ortho intramolecular Hbond substituents is 2. The lowest BCUT2D eigenvalue weighted by atomic mass is 10.0. The smallest absolute Gasteiger partial charge is 0.171 e. The van der Waals surface area contributed by atoms with E-state index in [1.54, 1.807) is 6.07 Å². The summed E-state index contributed by atoms with van der Waals surface area (Å²) in [6.07, 6.45) is 1.77. The van der Waals surface area contributed by atoms with Crippen LogP contribution in [-0.2, 0) is 12.8 Å². The average Bonchev–Trinajstić information content (AvgIpc) is 2.13. The number of aromatic hydroxyl groups is 2. The zero-order valence-electron chi connectivity index (χ0n) is 7.76. The van der Waals surface area contributed by atoms with Crippen LogP contribution in [0.1, 0.15) is 25.0 Å². The molecular formula is C10H13IO2. The van der Waals surface area contributed by atoms with Gasteiger partial charge in [-0.05, 0) is 52.6 Å². The van der Waals surface area contributed by atoms with Crippen molar-refractivity contribution in [1.82, 2.24) is 0 Å². The van der Waals surface area contributed by atoms with Gasteiger partial charge in [0.15, 0.2) is 11.5 Å². The maximum Gasteiger partial charge on any atom is 0.171 e. The van der Waals surface area contributed by atoms with E-state index in [9.17, 15) is 10.2 Å². The number of halogens is 1. The van der Waals surface area contributed by atoms with Gasteiger partial charge in [-0.2, -0.15) is 0 Å². The second-order valence-corrected chi connectivity index (χ2v) is 3.98. The van der Waals surface area contributed by atoms with Gasteiger partial charge in [0, 0.05) is 0 Å². The number of hydrogen-bond donors (Lipinski definition) is 2. The van der Waals surface area contributed by atoms with Crippen molar-refractivity contribution in [2.45, 2.75) is 26.7 Å². The lowest BCUT2D eigenvalue weighted by Gasteiger charge is -2.11. The third kappa shape index (κ3) is 1.90. The average molecular weight is 292 g/mol. The number of rotatable bonds is 2. The fraction of sp³-hybridized carbons (Fsp3) is 0.400. The molecule has 2 nitrogen and oxygen atoms in total. The van der Waals surface area contributed by atoms with Crippen LogP contribution in [0.3, 0.4) is 0 Å². The van der Waals surface area contributed by atoms with Crippen LogP contribution in [0.15, 0.2) is 6.07 Å². The van der Waals surface area contributed by atoms with Gasteiger partial charge in [0.05, 0.1) is 3.57 Å². The highest BCUT2D eigenvalue weighted by molar-refractivity contribution is 14.1. The van der Waals surface area contributed by atoms with Gasteiger partial charge < -0.3 is 10.2 Å². The normalized spacial score (nSPS) is 10.4. The molecule has 72 valence electrons. The zero-order valence-corrected chi connectivity index (χ0v) is 9.92. The molecule has 0 fully saturated rings. The van der Waals surface area contributed by atoms with E-state index in [1.165, 1.54) is 0 Å². The van der Waals surface area contributed by atoms with Gasteiger partial charge >= 0.3 is 0 Å². The molecule has 1 aromatic carbocycles. The Labute approximate surface area is 91.7 Å². The molecule has 3 heteroatoms. The summed E-state index contributed by atoms with van der Waals surface area (Å²) in [5.74, 6) is -0.00639. The summed E-state index contributed by atoms with van der Waals surface area (Å²) in [7, 11) is 0. The number of benzene rings is 1. The van der Waals surface area contributed by atoms with E-state index < -0.39 is 0 Å². The SMILES string of the molecule is CCc1cc(O)c(O)c(I)c1CC. The molecule has 0 aliphatic heterocycles. The molecule has 0 heterocycles. The Morgan fingerprint density at radius 3 is 2.31 bits per heavy atom. The van der Waals surface area contributed by atoms with E-state index in [4.69, 9.17) is 0 Å². The van der Waals surface area contributed by atoms with Gasteiger partial charge in [-0.3, -0.25) is 0 Å². The molecule has 0 saturated heterocycles. The fourth-order valence-electron chi connectivity index (χ4n) is 1.41. The Morgan fingerprint density at radius 2 is 1.85 bits per heavy atom. The highest BCUT2D eigenvalue weighted by Gasteiger charge is 2.12. The quantitative estimate of drug-likeness (QED) is 0.650. The van der Waals surface area contributed by atoms with Crippen molar-refractivity contribution in [1.29, 1.82) is 0 Å². The molecule has 1 rings (SSSR count). The van der Waals surface area contributed by atoms with Crippen LogP contribution >= 0.6 is 22.6 Å². The van der Waals surface area contributed by atoms with Crippen molar-refractivity contribution >= 4 is 22.6 Å². The maximum atomic E-state index is 9.48. The number of aryl methyl sites for hydroxylation is 1. The van der Waals surface area contributed by atoms with Crippen LogP contribution in [0.25, 0.3) is 0 Å². The molecule has 13 heavy (non-hydrogen) atoms. The molecular weight excluding hydrogens is 279 g/mol. The van der Waals surface area contributed by atoms with Gasteiger partial charge in [-0.25, -0.2) is 0 Å². The Morgan fingerprint density at radius 1 is 1.23 bits per heavy atom. The molecule has 0 amide bonds. The summed E-state index contributed by atoms with van der Waals surface area (Å²) in [4.78, 5) is 0. The summed E-state index contributed by atoms with van der Waals surface area (Å²) in [6, 6.07) is 1.65. The van der Waals surface area contributed by atoms with Crippen LogP contribution in [0.5, 0.6) is 11.5 Å². The van der Waals surface area contributed by atoms with Crippen molar-refractivity contribution < 1.29 is 10.2 Å². The Kier molecular flexibility index (Phi) is 3.41. The maximum absolute atomic E-state index is 9.48. The van der Waals surface area contributed by atoms with Gasteiger partial charge in [0.1, 0.15) is 0 Å². The molecule has 0 aliphatic carbocycles. The van der Waals surface area contributed by atoms with E-state index in [0.717, 1.165) is 27.5 Å². The summed E-state index contributed by atoms with van der Waals surface area (Å²) >= 11 is 2.07. The first-order valence-electron chi connectivity index (χ1n) is 4.33. The molecule has 0 aliphatic rings. The Hall–Kier alpha value is -0.450. The van der Waals surface area contributed by atoms with E-state index in [0.29, 0.717) is 0 Å². The van der Waals surface area contributed by atoms with Gasteiger partial charge in [-0.1, -0.05) is 13.8 Å². The summed E-state index contributed by atoms with van der Waals surface area (Å²) < 4.78 is 0.775. The molecule has 0 aromatic heterocycles. The predicted molar refractivity (Wildman–Crippen MR) is 61.2 cm³/mol. The second-order valence-electron chi connectivity index (χ2n) is 2.90. The lowest BCUT2D eigenvalue weighted by Crippen LogP contribution is -1.95. The summed E-state index contributed by atoms with van der Waals surface area (Å²) in [5.41, 5.74) is 2.25. The molecule has 0 unspecified atom stereocenters. The molecule has 1 aromatic rings. The topological polar surface area (TPSA) is 40.5 Å². The standard InChI is InChI=1S/C10H13IO2/c1-3-6-5-8(12)10(13)9(11)7(6)4-2/h5,12-13H,3-4H2,1-2H3. The molecule has 0 bridgehead atoms. The van der Waals surface area contributed by atoms with Crippen molar-refractivity contribution in [3.63, 3.8) is 0 Å². The third-order valence-corrected chi connectivity index (χ3v) is 3.31. The summed E-state index contributed by atoms with van der Waals surface area (Å²) in [6.45, 7) is 4.09. The monoisotopic (exact) mass is 292 g/mol. The highest BCUT2D eigenvalue weighted by atomic mass is 127. The Balaban J connectivity index is 3.39. The van der Waals surface area contributed by atoms with Crippen molar-refractivity contribution in [3.05, 3.63) is 20.8 Å². The minimum Gasteiger partial charge on any atom is -0.504 e. The van der Waals surface area contributed by atoms with E-state index in [1.807, 2.05) is 13.8 Å². The van der Waals surface area contributed by atoms with Crippen molar-refractivity contribution in [2.75, 3.05) is 0 Å². The first-order chi connectivity index (χ1) is 6.11. The fourth-order valence-corrected chi connectivity index (χ4v) is 2.42. The van der Waals surface area contributed by atoms with Crippen LogP contribution in [-0.4, -0.2) is 10.2 Å². The number of phenols is 2. The van der Waals surface area contributed by atoms with Gasteiger partial charge in [0.2, 0.25) is 0 Å². The van der Waals surface area contributed by atoms with Crippen LogP contribution in [0.2, 0.25) is 0 Å². The first-order valence-corrected chi connectivity index (χ1v) is 5.41. The Bertz CT molecular complexity index is 321. The lowest BCUT2D eigenvalue weighted by molar-refractivity contribution is 0.400. The van der Waals surface area contributed by atoms with Crippen LogP contribution in [0.4, 0.5) is 0 Å². The number of hydrogen-bond acceptors (Lipinski definition) is 2. The highest BCUT2D eigenvalue weighted by Crippen LogP contribution is 2.35. The van der Waals surface area contributed by atoms with E-state index in [-0.39, 0.29) is 11.5 Å². The predicted octanol–water partition coefficient (Wildman–Crippen LogP) is 2.83. The summed E-state index contributed by atoms with van der Waals surface area (Å²) in [5, 5.41) is 18.9. The molecule has 2 N–H and O–H groups in total. The zero-order chi connectivity index (χ0) is 10.0. The molecule has 0 radical (unpaired) electrons. The molecule has 0 atom stereocenters. The van der Waals surface area contributed by atoms with Crippen molar-refractivity contribution in [2.24, 2.45) is 0 Å². The largest absolute Gasteiger partial charge is 0.504 e. The van der Waals surface area contributed by atoms with Crippen molar-refractivity contribution in [3.8, 4) is 11.5 Å².